The Morgan fingerprint density at radius 3 is 2.79 bits per heavy atom. The molecule has 0 amide bonds. The molecule has 0 heterocycles. The Balaban J connectivity index is 1.83. The van der Waals surface area contributed by atoms with Gasteiger partial charge in [-0.1, -0.05) is 22.0 Å². The number of likely N-dealkylation sites (N-methyl/N-ethyl adjacent to an activating group) is 1. The van der Waals surface area contributed by atoms with Crippen LogP contribution in [0.1, 0.15) is 31.4 Å². The van der Waals surface area contributed by atoms with E-state index in [1.54, 1.807) is 6.92 Å². The highest BCUT2D eigenvalue weighted by molar-refractivity contribution is 9.10. The second-order valence-corrected chi connectivity index (χ2v) is 6.18. The van der Waals surface area contributed by atoms with Gasteiger partial charge in [0, 0.05) is 30.4 Å². The fraction of sp³-hybridized carbons (Fsp3) is 0.600. The Hall–Kier alpha value is -0.580. The van der Waals surface area contributed by atoms with Gasteiger partial charge in [0.25, 0.3) is 0 Å². The topological polar surface area (TPSA) is 32.7 Å². The Kier molecular flexibility index (Phi) is 5.25. The van der Waals surface area contributed by atoms with Crippen LogP contribution in [0.15, 0.2) is 22.7 Å². The molecule has 1 atom stereocenters. The number of halogens is 1. The van der Waals surface area contributed by atoms with Crippen LogP contribution in [-0.4, -0.2) is 31.9 Å². The maximum absolute atomic E-state index is 9.60. The summed E-state index contributed by atoms with van der Waals surface area (Å²) in [6, 6.07) is 6.04. The van der Waals surface area contributed by atoms with Crippen LogP contribution in [0.2, 0.25) is 0 Å². The Labute approximate surface area is 123 Å². The van der Waals surface area contributed by atoms with Gasteiger partial charge in [-0.15, -0.1) is 0 Å². The van der Waals surface area contributed by atoms with Crippen LogP contribution in [0.5, 0.6) is 0 Å². The van der Waals surface area contributed by atoms with Crippen molar-refractivity contribution in [1.29, 1.82) is 0 Å². The van der Waals surface area contributed by atoms with Crippen molar-refractivity contribution in [3.63, 3.8) is 0 Å². The molecule has 0 saturated heterocycles. The standard InChI is InChI=1S/C15H22BrNO2/c1-11(18)14-6-5-13(9-15(14)16)17(2)7-8-19-10-12-3-4-12/h5-6,9,11-12,18H,3-4,7-8,10H2,1-2H3. The van der Waals surface area contributed by atoms with Gasteiger partial charge < -0.3 is 14.7 Å². The summed E-state index contributed by atoms with van der Waals surface area (Å²) < 4.78 is 6.60. The summed E-state index contributed by atoms with van der Waals surface area (Å²) >= 11 is 3.51. The lowest BCUT2D eigenvalue weighted by molar-refractivity contribution is 0.131. The lowest BCUT2D eigenvalue weighted by Gasteiger charge is -2.20. The number of aliphatic hydroxyl groups is 1. The molecule has 4 heteroatoms. The van der Waals surface area contributed by atoms with Gasteiger partial charge in [-0.2, -0.15) is 0 Å². The van der Waals surface area contributed by atoms with Crippen LogP contribution in [0.25, 0.3) is 0 Å². The molecule has 106 valence electrons. The molecule has 0 spiro atoms. The molecule has 1 N–H and O–H groups in total. The van der Waals surface area contributed by atoms with Gasteiger partial charge in [0.05, 0.1) is 12.7 Å². The zero-order valence-electron chi connectivity index (χ0n) is 11.6. The zero-order chi connectivity index (χ0) is 13.8. The van der Waals surface area contributed by atoms with E-state index in [9.17, 15) is 5.11 Å². The van der Waals surface area contributed by atoms with Gasteiger partial charge in [-0.05, 0) is 43.4 Å². The summed E-state index contributed by atoms with van der Waals surface area (Å²) in [7, 11) is 2.06. The molecule has 1 aliphatic carbocycles. The smallest absolute Gasteiger partial charge is 0.0772 e. The first-order valence-electron chi connectivity index (χ1n) is 6.84. The normalized spacial score (nSPS) is 16.4. The second kappa shape index (κ2) is 6.73. The highest BCUT2D eigenvalue weighted by Crippen LogP contribution is 2.29. The van der Waals surface area contributed by atoms with Crippen molar-refractivity contribution in [2.75, 3.05) is 31.7 Å². The van der Waals surface area contributed by atoms with E-state index in [4.69, 9.17) is 4.74 Å². The monoisotopic (exact) mass is 327 g/mol. The van der Waals surface area contributed by atoms with E-state index >= 15 is 0 Å². The molecule has 2 rings (SSSR count). The van der Waals surface area contributed by atoms with E-state index in [-0.39, 0.29) is 0 Å². The van der Waals surface area contributed by atoms with Crippen LogP contribution >= 0.6 is 15.9 Å². The third-order valence-electron chi connectivity index (χ3n) is 3.50. The van der Waals surface area contributed by atoms with Gasteiger partial charge in [0.1, 0.15) is 0 Å². The molecule has 1 aromatic rings. The highest BCUT2D eigenvalue weighted by atomic mass is 79.9. The predicted molar refractivity (Wildman–Crippen MR) is 81.6 cm³/mol. The molecule has 1 aromatic carbocycles. The van der Waals surface area contributed by atoms with Gasteiger partial charge in [0.2, 0.25) is 0 Å². The molecule has 0 radical (unpaired) electrons. The van der Waals surface area contributed by atoms with E-state index in [2.05, 4.69) is 27.9 Å². The van der Waals surface area contributed by atoms with Crippen LogP contribution in [0.3, 0.4) is 0 Å². The minimum Gasteiger partial charge on any atom is -0.389 e. The average molecular weight is 328 g/mol. The lowest BCUT2D eigenvalue weighted by atomic mass is 10.1. The SMILES string of the molecule is CC(O)c1ccc(N(C)CCOCC2CC2)cc1Br. The quantitative estimate of drug-likeness (QED) is 0.779. The third-order valence-corrected chi connectivity index (χ3v) is 4.18. The van der Waals surface area contributed by atoms with Gasteiger partial charge in [0.15, 0.2) is 0 Å². The van der Waals surface area contributed by atoms with Gasteiger partial charge in [-0.25, -0.2) is 0 Å². The maximum Gasteiger partial charge on any atom is 0.0772 e. The van der Waals surface area contributed by atoms with E-state index < -0.39 is 6.10 Å². The van der Waals surface area contributed by atoms with Crippen molar-refractivity contribution < 1.29 is 9.84 Å². The molecule has 0 aliphatic heterocycles. The highest BCUT2D eigenvalue weighted by Gasteiger charge is 2.21. The van der Waals surface area contributed by atoms with E-state index in [1.165, 1.54) is 12.8 Å². The molecule has 1 aliphatic rings. The average Bonchev–Trinajstić information content (AvgIpc) is 3.17. The van der Waals surface area contributed by atoms with Crippen molar-refractivity contribution >= 4 is 21.6 Å². The fourth-order valence-electron chi connectivity index (χ4n) is 1.96. The molecule has 0 bridgehead atoms. The van der Waals surface area contributed by atoms with Crippen molar-refractivity contribution in [3.05, 3.63) is 28.2 Å². The van der Waals surface area contributed by atoms with Crippen molar-refractivity contribution in [3.8, 4) is 0 Å². The summed E-state index contributed by atoms with van der Waals surface area (Å²) in [4.78, 5) is 2.17. The summed E-state index contributed by atoms with van der Waals surface area (Å²) in [5, 5.41) is 9.60. The first-order chi connectivity index (χ1) is 9.08. The predicted octanol–water partition coefficient (Wildman–Crippen LogP) is 3.37. The number of rotatable bonds is 7. The van der Waals surface area contributed by atoms with Crippen molar-refractivity contribution in [2.24, 2.45) is 5.92 Å². The first-order valence-corrected chi connectivity index (χ1v) is 7.63. The van der Waals surface area contributed by atoms with E-state index in [0.717, 1.165) is 41.4 Å². The number of nitrogens with zero attached hydrogens (tertiary/aromatic N) is 1. The molecule has 1 fully saturated rings. The molecule has 0 aromatic heterocycles. The summed E-state index contributed by atoms with van der Waals surface area (Å²) in [5.74, 6) is 0.824. The summed E-state index contributed by atoms with van der Waals surface area (Å²) in [6.07, 6.45) is 2.23. The fourth-order valence-corrected chi connectivity index (χ4v) is 2.66. The van der Waals surface area contributed by atoms with Crippen LogP contribution in [0, 0.1) is 5.92 Å². The van der Waals surface area contributed by atoms with Crippen molar-refractivity contribution in [2.45, 2.75) is 25.9 Å². The Bertz CT molecular complexity index is 419. The zero-order valence-corrected chi connectivity index (χ0v) is 13.2. The minimum absolute atomic E-state index is 0.449. The molecule has 3 nitrogen and oxygen atoms in total. The van der Waals surface area contributed by atoms with Gasteiger partial charge in [-0.3, -0.25) is 0 Å². The molecular weight excluding hydrogens is 306 g/mol. The first kappa shape index (κ1) is 14.8. The Morgan fingerprint density at radius 1 is 1.47 bits per heavy atom. The van der Waals surface area contributed by atoms with Crippen molar-refractivity contribution in [1.82, 2.24) is 0 Å². The van der Waals surface area contributed by atoms with E-state index in [1.807, 2.05) is 18.2 Å². The number of aliphatic hydroxyl groups excluding tert-OH is 1. The molecule has 1 saturated carbocycles. The number of hydrogen-bond acceptors (Lipinski definition) is 3. The molecular formula is C15H22BrNO2. The molecule has 19 heavy (non-hydrogen) atoms. The Morgan fingerprint density at radius 2 is 2.21 bits per heavy atom. The maximum atomic E-state index is 9.60. The number of ether oxygens (including phenoxy) is 1. The number of hydrogen-bond donors (Lipinski definition) is 1. The second-order valence-electron chi connectivity index (χ2n) is 5.32. The van der Waals surface area contributed by atoms with Crippen LogP contribution < -0.4 is 4.90 Å². The number of benzene rings is 1. The number of anilines is 1. The summed E-state index contributed by atoms with van der Waals surface area (Å²) in [5.41, 5.74) is 2.05. The van der Waals surface area contributed by atoms with Crippen LogP contribution in [0.4, 0.5) is 5.69 Å². The van der Waals surface area contributed by atoms with Crippen LogP contribution in [-0.2, 0) is 4.74 Å². The molecule has 1 unspecified atom stereocenters. The largest absolute Gasteiger partial charge is 0.389 e. The third kappa shape index (κ3) is 4.48. The lowest BCUT2D eigenvalue weighted by Crippen LogP contribution is -2.23. The minimum atomic E-state index is -0.449. The van der Waals surface area contributed by atoms with Gasteiger partial charge >= 0.3 is 0 Å². The van der Waals surface area contributed by atoms with E-state index in [0.29, 0.717) is 0 Å². The summed E-state index contributed by atoms with van der Waals surface area (Å²) in [6.45, 7) is 4.34.